The van der Waals surface area contributed by atoms with Gasteiger partial charge in [-0.05, 0) is 25.5 Å². The molecule has 11 heteroatoms. The lowest BCUT2D eigenvalue weighted by molar-refractivity contribution is -0.142. The average Bonchev–Trinajstić information content (AvgIpc) is 3.30. The molecule has 4 aromatic rings. The zero-order chi connectivity index (χ0) is 20.2. The van der Waals surface area contributed by atoms with Gasteiger partial charge in [-0.15, -0.1) is 0 Å². The van der Waals surface area contributed by atoms with Crippen molar-refractivity contribution in [3.63, 3.8) is 0 Å². The molecule has 0 aliphatic heterocycles. The predicted molar refractivity (Wildman–Crippen MR) is 91.6 cm³/mol. The molecule has 0 aromatic carbocycles. The highest BCUT2D eigenvalue weighted by molar-refractivity contribution is 5.94. The molecule has 4 rings (SSSR count). The van der Waals surface area contributed by atoms with Crippen molar-refractivity contribution < 1.29 is 18.0 Å². The van der Waals surface area contributed by atoms with Crippen LogP contribution in [-0.4, -0.2) is 40.1 Å². The zero-order valence-corrected chi connectivity index (χ0v) is 15.1. The highest BCUT2D eigenvalue weighted by Gasteiger charge is 2.36. The van der Waals surface area contributed by atoms with Gasteiger partial charge in [0.05, 0.1) is 17.6 Å². The number of carbonyl (C=O) groups is 1. The monoisotopic (exact) mass is 389 g/mol. The second-order valence-electron chi connectivity index (χ2n) is 6.39. The van der Waals surface area contributed by atoms with Gasteiger partial charge in [-0.3, -0.25) is 9.48 Å². The topological polar surface area (TPSA) is 82.9 Å². The number of nitrogens with zero attached hydrogens (tertiary/aromatic N) is 7. The number of hydrogen-bond donors (Lipinski definition) is 0. The molecule has 28 heavy (non-hydrogen) atoms. The van der Waals surface area contributed by atoms with E-state index in [1.54, 1.807) is 27.1 Å². The molecule has 0 bridgehead atoms. The first-order valence-electron chi connectivity index (χ1n) is 8.18. The van der Waals surface area contributed by atoms with Gasteiger partial charge < -0.3 is 0 Å². The first kappa shape index (κ1) is 17.9. The van der Waals surface area contributed by atoms with E-state index in [9.17, 15) is 18.0 Å². The molecule has 0 N–H and O–H groups in total. The van der Waals surface area contributed by atoms with Crippen molar-refractivity contribution in [2.75, 3.05) is 0 Å². The van der Waals surface area contributed by atoms with Gasteiger partial charge in [0.15, 0.2) is 17.0 Å². The number of halogens is 3. The molecule has 0 aliphatic carbocycles. The molecule has 0 saturated carbocycles. The number of alkyl halides is 3. The Morgan fingerprint density at radius 1 is 1.11 bits per heavy atom. The fraction of sp³-hybridized carbons (Fsp3) is 0.235. The Morgan fingerprint density at radius 2 is 1.86 bits per heavy atom. The molecule has 144 valence electrons. The zero-order valence-electron chi connectivity index (χ0n) is 15.1. The number of rotatable bonds is 2. The van der Waals surface area contributed by atoms with Crippen LogP contribution < -0.4 is 0 Å². The smallest absolute Gasteiger partial charge is 0.275 e. The molecule has 4 heterocycles. The Bertz CT molecular complexity index is 1220. The molecule has 0 unspecified atom stereocenters. The number of hydrogen-bond acceptors (Lipinski definition) is 5. The summed E-state index contributed by atoms with van der Waals surface area (Å²) in [5.74, 6) is -0.647. The van der Waals surface area contributed by atoms with Gasteiger partial charge in [-0.2, -0.15) is 28.5 Å². The minimum absolute atomic E-state index is 0.0965. The van der Waals surface area contributed by atoms with Gasteiger partial charge in [0.2, 0.25) is 0 Å². The van der Waals surface area contributed by atoms with Gasteiger partial charge in [-0.1, -0.05) is 0 Å². The molecule has 0 atom stereocenters. The molecular weight excluding hydrogens is 375 g/mol. The normalized spacial score (nSPS) is 12.1. The maximum Gasteiger partial charge on any atom is 0.433 e. The van der Waals surface area contributed by atoms with E-state index >= 15 is 0 Å². The van der Waals surface area contributed by atoms with Gasteiger partial charge >= 0.3 is 6.18 Å². The van der Waals surface area contributed by atoms with E-state index in [1.165, 1.54) is 23.1 Å². The Morgan fingerprint density at radius 3 is 2.43 bits per heavy atom. The summed E-state index contributed by atoms with van der Waals surface area (Å²) >= 11 is 0. The minimum atomic E-state index is -4.69. The summed E-state index contributed by atoms with van der Waals surface area (Å²) in [4.78, 5) is 16.8. The molecule has 0 aliphatic rings. The van der Waals surface area contributed by atoms with Crippen LogP contribution in [0, 0.1) is 13.8 Å². The number of carbonyl (C=O) groups excluding carboxylic acids is 1. The van der Waals surface area contributed by atoms with E-state index in [-0.39, 0.29) is 17.0 Å². The molecule has 0 saturated heterocycles. The SMILES string of the molecule is Cc1cnn(C(=O)c2cc3nc(-c4cn(C)nc4C)cc(C(F)(F)F)n3n2)c1. The van der Waals surface area contributed by atoms with E-state index in [0.717, 1.165) is 16.3 Å². The third-order valence-corrected chi connectivity index (χ3v) is 4.15. The second-order valence-corrected chi connectivity index (χ2v) is 6.39. The van der Waals surface area contributed by atoms with Gasteiger partial charge in [0.1, 0.15) is 0 Å². The summed E-state index contributed by atoms with van der Waals surface area (Å²) in [6.45, 7) is 3.42. The molecule has 0 spiro atoms. The Balaban J connectivity index is 1.92. The van der Waals surface area contributed by atoms with E-state index in [1.807, 2.05) is 0 Å². The highest BCUT2D eigenvalue weighted by atomic mass is 19.4. The van der Waals surface area contributed by atoms with Crippen molar-refractivity contribution in [1.82, 2.24) is 34.2 Å². The second kappa shape index (κ2) is 6.01. The maximum atomic E-state index is 13.6. The lowest BCUT2D eigenvalue weighted by Gasteiger charge is -2.10. The number of aryl methyl sites for hydroxylation is 3. The van der Waals surface area contributed by atoms with Crippen LogP contribution in [-0.2, 0) is 13.2 Å². The van der Waals surface area contributed by atoms with Crippen LogP contribution in [0.4, 0.5) is 13.2 Å². The fourth-order valence-corrected chi connectivity index (χ4v) is 2.91. The van der Waals surface area contributed by atoms with Crippen molar-refractivity contribution in [2.45, 2.75) is 20.0 Å². The summed E-state index contributed by atoms with van der Waals surface area (Å²) < 4.78 is 44.1. The first-order chi connectivity index (χ1) is 13.1. The molecule has 8 nitrogen and oxygen atoms in total. The summed E-state index contributed by atoms with van der Waals surface area (Å²) in [5.41, 5.74) is 0.510. The predicted octanol–water partition coefficient (Wildman–Crippen LogP) is 2.65. The summed E-state index contributed by atoms with van der Waals surface area (Å²) in [5, 5.41) is 11.8. The summed E-state index contributed by atoms with van der Waals surface area (Å²) in [6, 6.07) is 2.11. The van der Waals surface area contributed by atoms with Crippen LogP contribution in [0.25, 0.3) is 16.9 Å². The largest absolute Gasteiger partial charge is 0.433 e. The highest BCUT2D eigenvalue weighted by Crippen LogP contribution is 2.33. The van der Waals surface area contributed by atoms with E-state index in [0.29, 0.717) is 15.8 Å². The van der Waals surface area contributed by atoms with Gasteiger partial charge in [-0.25, -0.2) is 14.2 Å². The van der Waals surface area contributed by atoms with Crippen LogP contribution in [0.15, 0.2) is 30.7 Å². The van der Waals surface area contributed by atoms with E-state index in [2.05, 4.69) is 20.3 Å². The van der Waals surface area contributed by atoms with E-state index < -0.39 is 17.8 Å². The quantitative estimate of drug-likeness (QED) is 0.526. The Hall–Kier alpha value is -3.50. The summed E-state index contributed by atoms with van der Waals surface area (Å²) in [7, 11) is 1.67. The van der Waals surface area contributed by atoms with Crippen molar-refractivity contribution >= 4 is 11.6 Å². The lowest BCUT2D eigenvalue weighted by Crippen LogP contribution is -2.16. The van der Waals surface area contributed by atoms with Crippen LogP contribution in [0.5, 0.6) is 0 Å². The third kappa shape index (κ3) is 2.94. The Kier molecular flexibility index (Phi) is 3.84. The fourth-order valence-electron chi connectivity index (χ4n) is 2.91. The first-order valence-corrected chi connectivity index (χ1v) is 8.18. The van der Waals surface area contributed by atoms with Gasteiger partial charge in [0.25, 0.3) is 5.91 Å². The molecular formula is C17H14F3N7O. The van der Waals surface area contributed by atoms with Crippen LogP contribution in [0.2, 0.25) is 0 Å². The molecule has 0 radical (unpaired) electrons. The average molecular weight is 389 g/mol. The van der Waals surface area contributed by atoms with Gasteiger partial charge in [0, 0.05) is 31.1 Å². The minimum Gasteiger partial charge on any atom is -0.275 e. The molecule has 0 fully saturated rings. The van der Waals surface area contributed by atoms with Crippen LogP contribution >= 0.6 is 0 Å². The number of fused-ring (bicyclic) bond motifs is 1. The molecule has 4 aromatic heterocycles. The van der Waals surface area contributed by atoms with E-state index in [4.69, 9.17) is 0 Å². The third-order valence-electron chi connectivity index (χ3n) is 4.15. The number of aromatic nitrogens is 7. The summed E-state index contributed by atoms with van der Waals surface area (Å²) in [6.07, 6.45) is -0.171. The standard InChI is InChI=1S/C17H14F3N7O/c1-9-6-21-26(7-9)16(28)13-5-15-22-12(11-8-25(3)23-10(11)2)4-14(17(18,19)20)27(15)24-13/h4-8H,1-3H3. The Labute approximate surface area is 156 Å². The van der Waals surface area contributed by atoms with Crippen molar-refractivity contribution in [1.29, 1.82) is 0 Å². The van der Waals surface area contributed by atoms with Crippen molar-refractivity contribution in [2.24, 2.45) is 7.05 Å². The van der Waals surface area contributed by atoms with Crippen LogP contribution in [0.1, 0.15) is 27.4 Å². The van der Waals surface area contributed by atoms with Crippen LogP contribution in [0.3, 0.4) is 0 Å². The molecule has 0 amide bonds. The lowest BCUT2D eigenvalue weighted by atomic mass is 10.1. The van der Waals surface area contributed by atoms with Crippen molar-refractivity contribution in [3.05, 3.63) is 53.4 Å². The van der Waals surface area contributed by atoms with Crippen molar-refractivity contribution in [3.8, 4) is 11.3 Å². The maximum absolute atomic E-state index is 13.6.